The second kappa shape index (κ2) is 15.3. The lowest BCUT2D eigenvalue weighted by Crippen LogP contribution is -2.58. The Morgan fingerprint density at radius 1 is 0.479 bits per heavy atom. The Kier molecular flexibility index (Phi) is 11.7. The highest BCUT2D eigenvalue weighted by molar-refractivity contribution is 6.35. The molecule has 0 radical (unpaired) electrons. The van der Waals surface area contributed by atoms with Gasteiger partial charge in [-0.15, -0.1) is 0 Å². The van der Waals surface area contributed by atoms with Crippen LogP contribution in [0.5, 0.6) is 0 Å². The number of nitrogens with one attached hydrogen (secondary N) is 2. The Labute approximate surface area is 286 Å². The molecule has 0 unspecified atom stereocenters. The van der Waals surface area contributed by atoms with Crippen molar-refractivity contribution >= 4 is 11.8 Å². The van der Waals surface area contributed by atoms with Crippen LogP contribution < -0.4 is 10.6 Å². The van der Waals surface area contributed by atoms with Crippen LogP contribution in [0.4, 0.5) is 0 Å². The minimum absolute atomic E-state index is 0.0858. The van der Waals surface area contributed by atoms with Crippen molar-refractivity contribution in [2.75, 3.05) is 0 Å². The standard InChI is InChI=1S/C42H52N2O4/c1-27(2)25-37(41(47,33-17-9-29(5)10-18-33)34-19-11-30(6)12-20-34)43-39(45)40(46)44-38(26-28(3)4)42(48,35-21-13-31(7)14-22-35)36-23-15-32(8)16-24-36/h9-24,27-28,37-38,47-48H,25-26H2,1-8H3,(H,43,45)(H,44,46)/t37-,38-/m1/s1. The monoisotopic (exact) mass is 648 g/mol. The first-order chi connectivity index (χ1) is 22.6. The van der Waals surface area contributed by atoms with Gasteiger partial charge in [0.25, 0.3) is 0 Å². The van der Waals surface area contributed by atoms with E-state index in [9.17, 15) is 19.8 Å². The molecule has 0 saturated carbocycles. The van der Waals surface area contributed by atoms with Crippen LogP contribution >= 0.6 is 0 Å². The Morgan fingerprint density at radius 3 is 0.875 bits per heavy atom. The maximum absolute atomic E-state index is 13.9. The third-order valence-electron chi connectivity index (χ3n) is 9.21. The van der Waals surface area contributed by atoms with E-state index in [4.69, 9.17) is 0 Å². The normalized spacial score (nSPS) is 13.3. The minimum Gasteiger partial charge on any atom is -0.378 e. The fourth-order valence-corrected chi connectivity index (χ4v) is 6.43. The lowest BCUT2D eigenvalue weighted by molar-refractivity contribution is -0.142. The van der Waals surface area contributed by atoms with Crippen molar-refractivity contribution in [1.29, 1.82) is 0 Å². The van der Waals surface area contributed by atoms with Gasteiger partial charge in [-0.2, -0.15) is 0 Å². The molecule has 0 fully saturated rings. The topological polar surface area (TPSA) is 98.7 Å². The van der Waals surface area contributed by atoms with Crippen molar-refractivity contribution in [3.05, 3.63) is 142 Å². The molecule has 6 heteroatoms. The molecule has 0 aliphatic rings. The van der Waals surface area contributed by atoms with E-state index in [1.807, 2.05) is 152 Å². The van der Waals surface area contributed by atoms with E-state index >= 15 is 0 Å². The Balaban J connectivity index is 1.74. The van der Waals surface area contributed by atoms with Gasteiger partial charge in [-0.05, 0) is 74.6 Å². The molecular weight excluding hydrogens is 596 g/mol. The highest BCUT2D eigenvalue weighted by atomic mass is 16.3. The zero-order valence-electron chi connectivity index (χ0n) is 29.7. The summed E-state index contributed by atoms with van der Waals surface area (Å²) in [5.74, 6) is -1.57. The van der Waals surface area contributed by atoms with Gasteiger partial charge in [0.05, 0.1) is 12.1 Å². The predicted octanol–water partition coefficient (Wildman–Crippen LogP) is 7.15. The quantitative estimate of drug-likeness (QED) is 0.123. The van der Waals surface area contributed by atoms with E-state index in [0.717, 1.165) is 22.3 Å². The number of carbonyl (C=O) groups is 2. The molecule has 0 aliphatic carbocycles. The molecule has 4 rings (SSSR count). The van der Waals surface area contributed by atoms with Crippen LogP contribution in [0.15, 0.2) is 97.1 Å². The van der Waals surface area contributed by atoms with Gasteiger partial charge in [0.15, 0.2) is 0 Å². The number of carbonyl (C=O) groups excluding carboxylic acids is 2. The number of rotatable bonds is 12. The van der Waals surface area contributed by atoms with E-state index in [1.54, 1.807) is 0 Å². The van der Waals surface area contributed by atoms with Gasteiger partial charge >= 0.3 is 11.8 Å². The average molecular weight is 649 g/mol. The highest BCUT2D eigenvalue weighted by Crippen LogP contribution is 2.38. The maximum atomic E-state index is 13.9. The Bertz CT molecular complexity index is 1440. The molecule has 4 aromatic carbocycles. The van der Waals surface area contributed by atoms with Crippen molar-refractivity contribution < 1.29 is 19.8 Å². The van der Waals surface area contributed by atoms with E-state index < -0.39 is 35.1 Å². The molecule has 48 heavy (non-hydrogen) atoms. The lowest BCUT2D eigenvalue weighted by Gasteiger charge is -2.40. The van der Waals surface area contributed by atoms with Gasteiger partial charge in [-0.25, -0.2) is 0 Å². The molecule has 0 spiro atoms. The zero-order chi connectivity index (χ0) is 35.2. The smallest absolute Gasteiger partial charge is 0.309 e. The van der Waals surface area contributed by atoms with Gasteiger partial charge in [-0.3, -0.25) is 9.59 Å². The summed E-state index contributed by atoms with van der Waals surface area (Å²) >= 11 is 0. The Hall–Kier alpha value is -4.26. The number of amides is 2. The molecule has 4 N–H and O–H groups in total. The maximum Gasteiger partial charge on any atom is 0.309 e. The lowest BCUT2D eigenvalue weighted by atomic mass is 9.76. The largest absolute Gasteiger partial charge is 0.378 e. The molecule has 2 atom stereocenters. The van der Waals surface area contributed by atoms with Crippen LogP contribution in [0, 0.1) is 39.5 Å². The summed E-state index contributed by atoms with van der Waals surface area (Å²) < 4.78 is 0. The van der Waals surface area contributed by atoms with Crippen LogP contribution in [-0.4, -0.2) is 34.1 Å². The Morgan fingerprint density at radius 2 is 0.688 bits per heavy atom. The van der Waals surface area contributed by atoms with Gasteiger partial charge in [0.2, 0.25) is 0 Å². The van der Waals surface area contributed by atoms with Gasteiger partial charge < -0.3 is 20.8 Å². The summed E-state index contributed by atoms with van der Waals surface area (Å²) in [6.45, 7) is 16.0. The first-order valence-electron chi connectivity index (χ1n) is 17.0. The fraction of sp³-hybridized carbons (Fsp3) is 0.381. The van der Waals surface area contributed by atoms with E-state index in [2.05, 4.69) is 10.6 Å². The number of hydrogen-bond acceptors (Lipinski definition) is 4. The van der Waals surface area contributed by atoms with Gasteiger partial charge in [0, 0.05) is 0 Å². The first kappa shape index (κ1) is 36.6. The van der Waals surface area contributed by atoms with Crippen LogP contribution in [-0.2, 0) is 20.8 Å². The number of aliphatic hydroxyl groups is 2. The SMILES string of the molecule is Cc1ccc(C(O)(c2ccc(C)cc2)[C@@H](CC(C)C)NC(=O)C(=O)N[C@H](CC(C)C)C(O)(c2ccc(C)cc2)c2ccc(C)cc2)cc1. The van der Waals surface area contributed by atoms with Crippen molar-refractivity contribution in [3.8, 4) is 0 Å². The molecular formula is C42H52N2O4. The molecule has 0 saturated heterocycles. The van der Waals surface area contributed by atoms with Gasteiger partial charge in [-0.1, -0.05) is 147 Å². The third kappa shape index (κ3) is 8.23. The summed E-state index contributed by atoms with van der Waals surface area (Å²) in [4.78, 5) is 27.9. The summed E-state index contributed by atoms with van der Waals surface area (Å²) in [6.07, 6.45) is 0.812. The van der Waals surface area contributed by atoms with E-state index in [0.29, 0.717) is 35.1 Å². The van der Waals surface area contributed by atoms with Crippen LogP contribution in [0.25, 0.3) is 0 Å². The average Bonchev–Trinajstić information content (AvgIpc) is 3.04. The highest BCUT2D eigenvalue weighted by Gasteiger charge is 2.45. The van der Waals surface area contributed by atoms with Crippen LogP contribution in [0.2, 0.25) is 0 Å². The van der Waals surface area contributed by atoms with Crippen molar-refractivity contribution in [2.45, 2.75) is 91.5 Å². The molecule has 0 bridgehead atoms. The summed E-state index contributed by atoms with van der Waals surface area (Å²) in [6, 6.07) is 28.8. The second-order valence-electron chi connectivity index (χ2n) is 14.3. The number of aryl methyl sites for hydroxylation is 4. The third-order valence-corrected chi connectivity index (χ3v) is 9.21. The summed E-state index contributed by atoms with van der Waals surface area (Å²) in [5.41, 5.74) is 3.40. The summed E-state index contributed by atoms with van der Waals surface area (Å²) in [5, 5.41) is 31.2. The second-order valence-corrected chi connectivity index (χ2v) is 14.3. The molecule has 2 amide bonds. The van der Waals surface area contributed by atoms with Crippen molar-refractivity contribution in [1.82, 2.24) is 10.6 Å². The zero-order valence-corrected chi connectivity index (χ0v) is 29.7. The number of benzene rings is 4. The van der Waals surface area contributed by atoms with Crippen molar-refractivity contribution in [2.24, 2.45) is 11.8 Å². The molecule has 254 valence electrons. The summed E-state index contributed by atoms with van der Waals surface area (Å²) in [7, 11) is 0. The molecule has 4 aromatic rings. The fourth-order valence-electron chi connectivity index (χ4n) is 6.43. The van der Waals surface area contributed by atoms with Crippen LogP contribution in [0.3, 0.4) is 0 Å². The van der Waals surface area contributed by atoms with Gasteiger partial charge in [0.1, 0.15) is 11.2 Å². The van der Waals surface area contributed by atoms with Crippen molar-refractivity contribution in [3.63, 3.8) is 0 Å². The molecule has 0 heterocycles. The first-order valence-corrected chi connectivity index (χ1v) is 17.0. The number of hydrogen-bond donors (Lipinski definition) is 4. The molecule has 0 aromatic heterocycles. The van der Waals surface area contributed by atoms with E-state index in [-0.39, 0.29) is 11.8 Å². The van der Waals surface area contributed by atoms with Crippen LogP contribution in [0.1, 0.15) is 85.0 Å². The molecule has 6 nitrogen and oxygen atoms in total. The molecule has 0 aliphatic heterocycles. The predicted molar refractivity (Wildman–Crippen MR) is 193 cm³/mol. The van der Waals surface area contributed by atoms with E-state index in [1.165, 1.54) is 0 Å². The minimum atomic E-state index is -1.62.